The van der Waals surface area contributed by atoms with Crippen LogP contribution in [0.3, 0.4) is 0 Å². The van der Waals surface area contributed by atoms with Crippen LogP contribution in [0.1, 0.15) is 20.8 Å². The second-order valence-electron chi connectivity index (χ2n) is 2.77. The molecule has 0 heterocycles. The molecule has 11 heavy (non-hydrogen) atoms. The van der Waals surface area contributed by atoms with E-state index in [4.69, 9.17) is 5.11 Å². The van der Waals surface area contributed by atoms with Gasteiger partial charge in [-0.15, -0.1) is 0 Å². The molecule has 4 heteroatoms. The average Bonchev–Trinajstić information content (AvgIpc) is 1.85. The van der Waals surface area contributed by atoms with Crippen molar-refractivity contribution in [3.05, 3.63) is 0 Å². The molecule has 1 atom stereocenters. The van der Waals surface area contributed by atoms with Gasteiger partial charge in [-0.25, -0.2) is 9.18 Å². The number of hydrogen-bond donors (Lipinski definition) is 1. The number of carbonyl (C=O) groups excluding carboxylic acids is 1. The summed E-state index contributed by atoms with van der Waals surface area (Å²) in [5.41, 5.74) is -1.66. The lowest BCUT2D eigenvalue weighted by molar-refractivity contribution is -0.158. The van der Waals surface area contributed by atoms with Gasteiger partial charge in [0.1, 0.15) is 5.60 Å². The Morgan fingerprint density at radius 2 is 2.18 bits per heavy atom. The first kappa shape index (κ1) is 10.4. The second kappa shape index (κ2) is 3.67. The van der Waals surface area contributed by atoms with Gasteiger partial charge in [-0.05, 0) is 20.8 Å². The molecule has 0 aromatic heterocycles. The van der Waals surface area contributed by atoms with Crippen LogP contribution < -0.4 is 0 Å². The first-order chi connectivity index (χ1) is 4.89. The molecule has 0 aliphatic carbocycles. The Kier molecular flexibility index (Phi) is 3.45. The van der Waals surface area contributed by atoms with Crippen molar-refractivity contribution in [3.8, 4) is 0 Å². The van der Waals surface area contributed by atoms with Crippen molar-refractivity contribution >= 4 is 5.97 Å². The second-order valence-corrected chi connectivity index (χ2v) is 2.77. The Bertz CT molecular complexity index is 139. The molecule has 66 valence electrons. The van der Waals surface area contributed by atoms with E-state index >= 15 is 0 Å². The molecule has 0 fully saturated rings. The highest BCUT2D eigenvalue weighted by atomic mass is 19.1. The zero-order valence-corrected chi connectivity index (χ0v) is 6.93. The number of hydrogen-bond acceptors (Lipinski definition) is 3. The standard InChI is InChI=1S/C7H13FO3/c1-4-11-6(9)5(8)7(2,3)10/h5,10H,4H2,1-3H3. The summed E-state index contributed by atoms with van der Waals surface area (Å²) in [5.74, 6) is -1.01. The lowest BCUT2D eigenvalue weighted by atomic mass is 10.0. The van der Waals surface area contributed by atoms with Crippen molar-refractivity contribution in [1.82, 2.24) is 0 Å². The van der Waals surface area contributed by atoms with Crippen molar-refractivity contribution in [3.63, 3.8) is 0 Å². The molecule has 0 aromatic rings. The highest BCUT2D eigenvalue weighted by Crippen LogP contribution is 2.13. The van der Waals surface area contributed by atoms with Gasteiger partial charge < -0.3 is 9.84 Å². The summed E-state index contributed by atoms with van der Waals surface area (Å²) in [5, 5.41) is 9.01. The fourth-order valence-electron chi connectivity index (χ4n) is 0.504. The third kappa shape index (κ3) is 3.32. The Labute approximate surface area is 65.2 Å². The van der Waals surface area contributed by atoms with Crippen LogP contribution in [0.5, 0.6) is 0 Å². The lowest BCUT2D eigenvalue weighted by Gasteiger charge is -2.20. The molecular formula is C7H13FO3. The summed E-state index contributed by atoms with van der Waals surface area (Å²) in [4.78, 5) is 10.6. The molecule has 0 aliphatic heterocycles. The van der Waals surface area contributed by atoms with Crippen LogP contribution in [0.15, 0.2) is 0 Å². The molecule has 1 unspecified atom stereocenters. The van der Waals surface area contributed by atoms with Gasteiger partial charge >= 0.3 is 5.97 Å². The Balaban J connectivity index is 4.03. The van der Waals surface area contributed by atoms with Gasteiger partial charge in [0.2, 0.25) is 6.17 Å². The monoisotopic (exact) mass is 164 g/mol. The Morgan fingerprint density at radius 3 is 2.45 bits per heavy atom. The minimum atomic E-state index is -1.97. The van der Waals surface area contributed by atoms with E-state index < -0.39 is 17.7 Å². The molecule has 1 N–H and O–H groups in total. The highest BCUT2D eigenvalue weighted by molar-refractivity contribution is 5.75. The molecule has 0 aliphatic rings. The first-order valence-electron chi connectivity index (χ1n) is 3.42. The minimum absolute atomic E-state index is 0.120. The van der Waals surface area contributed by atoms with Gasteiger partial charge in [-0.1, -0.05) is 0 Å². The first-order valence-corrected chi connectivity index (χ1v) is 3.42. The van der Waals surface area contributed by atoms with Gasteiger partial charge in [0, 0.05) is 0 Å². The van der Waals surface area contributed by atoms with Crippen LogP contribution in [0.2, 0.25) is 0 Å². The van der Waals surface area contributed by atoms with E-state index in [1.165, 1.54) is 13.8 Å². The molecule has 0 aromatic carbocycles. The minimum Gasteiger partial charge on any atom is -0.464 e. The summed E-state index contributed by atoms with van der Waals surface area (Å²) in [6.07, 6.45) is -1.97. The van der Waals surface area contributed by atoms with E-state index in [0.29, 0.717) is 0 Å². The summed E-state index contributed by atoms with van der Waals surface area (Å²) >= 11 is 0. The fraction of sp³-hybridized carbons (Fsp3) is 0.857. The number of ether oxygens (including phenoxy) is 1. The van der Waals surface area contributed by atoms with Gasteiger partial charge in [-0.3, -0.25) is 0 Å². The number of halogens is 1. The van der Waals surface area contributed by atoms with E-state index in [1.807, 2.05) is 0 Å². The zero-order valence-electron chi connectivity index (χ0n) is 6.93. The quantitative estimate of drug-likeness (QED) is 0.623. The number of rotatable bonds is 3. The lowest BCUT2D eigenvalue weighted by Crippen LogP contribution is -2.39. The van der Waals surface area contributed by atoms with Gasteiger partial charge in [0.05, 0.1) is 6.61 Å². The van der Waals surface area contributed by atoms with Crippen molar-refractivity contribution in [1.29, 1.82) is 0 Å². The van der Waals surface area contributed by atoms with Crippen molar-refractivity contribution < 1.29 is 19.0 Å². The van der Waals surface area contributed by atoms with Crippen molar-refractivity contribution in [2.24, 2.45) is 0 Å². The predicted octanol–water partition coefficient (Wildman–Crippen LogP) is 0.659. The van der Waals surface area contributed by atoms with E-state index in [9.17, 15) is 9.18 Å². The topological polar surface area (TPSA) is 46.5 Å². The average molecular weight is 164 g/mol. The number of aliphatic hydroxyl groups is 1. The summed E-state index contributed by atoms with van der Waals surface area (Å²) in [6.45, 7) is 4.13. The summed E-state index contributed by atoms with van der Waals surface area (Å²) in [7, 11) is 0. The third-order valence-corrected chi connectivity index (χ3v) is 1.11. The Hall–Kier alpha value is -0.640. The van der Waals surface area contributed by atoms with Gasteiger partial charge in [0.25, 0.3) is 0 Å². The highest BCUT2D eigenvalue weighted by Gasteiger charge is 2.34. The number of carbonyl (C=O) groups is 1. The number of alkyl halides is 1. The fourth-order valence-corrected chi connectivity index (χ4v) is 0.504. The maximum absolute atomic E-state index is 12.8. The van der Waals surface area contributed by atoms with Crippen molar-refractivity contribution in [2.75, 3.05) is 6.61 Å². The van der Waals surface area contributed by atoms with E-state index in [-0.39, 0.29) is 6.61 Å². The summed E-state index contributed by atoms with van der Waals surface area (Å²) < 4.78 is 17.1. The molecule has 0 radical (unpaired) electrons. The van der Waals surface area contributed by atoms with Crippen LogP contribution in [0, 0.1) is 0 Å². The maximum Gasteiger partial charge on any atom is 0.343 e. The molecule has 3 nitrogen and oxygen atoms in total. The SMILES string of the molecule is CCOC(=O)C(F)C(C)(C)O. The van der Waals surface area contributed by atoms with Gasteiger partial charge in [-0.2, -0.15) is 0 Å². The molecule has 0 saturated carbocycles. The van der Waals surface area contributed by atoms with Crippen molar-refractivity contribution in [2.45, 2.75) is 32.5 Å². The van der Waals surface area contributed by atoms with E-state index in [0.717, 1.165) is 0 Å². The van der Waals surface area contributed by atoms with Crippen LogP contribution in [-0.4, -0.2) is 29.5 Å². The third-order valence-electron chi connectivity index (χ3n) is 1.11. The normalized spacial score (nSPS) is 14.3. The molecule has 0 bridgehead atoms. The summed E-state index contributed by atoms with van der Waals surface area (Å²) in [6, 6.07) is 0. The molecule has 0 rings (SSSR count). The molecule has 0 saturated heterocycles. The maximum atomic E-state index is 12.8. The van der Waals surface area contributed by atoms with Crippen LogP contribution in [0.4, 0.5) is 4.39 Å². The van der Waals surface area contributed by atoms with E-state index in [2.05, 4.69) is 4.74 Å². The van der Waals surface area contributed by atoms with Crippen LogP contribution in [0.25, 0.3) is 0 Å². The largest absolute Gasteiger partial charge is 0.464 e. The van der Waals surface area contributed by atoms with Crippen LogP contribution in [-0.2, 0) is 9.53 Å². The van der Waals surface area contributed by atoms with Gasteiger partial charge in [0.15, 0.2) is 0 Å². The molecule has 0 spiro atoms. The number of esters is 1. The zero-order chi connectivity index (χ0) is 9.07. The van der Waals surface area contributed by atoms with E-state index in [1.54, 1.807) is 6.92 Å². The Morgan fingerprint density at radius 1 is 1.73 bits per heavy atom. The van der Waals surface area contributed by atoms with Crippen LogP contribution >= 0.6 is 0 Å². The predicted molar refractivity (Wildman–Crippen MR) is 37.8 cm³/mol. The smallest absolute Gasteiger partial charge is 0.343 e. The molecule has 0 amide bonds. The molecular weight excluding hydrogens is 151 g/mol.